The van der Waals surface area contributed by atoms with Crippen molar-refractivity contribution < 1.29 is 22.8 Å². The molecule has 4 nitrogen and oxygen atoms in total. The average molecular weight is 463 g/mol. The summed E-state index contributed by atoms with van der Waals surface area (Å²) in [6.07, 6.45) is -4.58. The first-order chi connectivity index (χ1) is 15.0. The molecule has 0 N–H and O–H groups in total. The van der Waals surface area contributed by atoms with Crippen LogP contribution in [0.3, 0.4) is 0 Å². The summed E-state index contributed by atoms with van der Waals surface area (Å²) in [4.78, 5) is 28.2. The number of amides is 2. The molecule has 1 aliphatic heterocycles. The molecular formula is C24H25F3N2O2S. The van der Waals surface area contributed by atoms with E-state index < -0.39 is 17.6 Å². The standard InChI is InChI=1S/C24H25F3N2O2S/c1-15-11-16(2)13-20(12-15)32-22-6-5-19(14-21(22)24(25,26)27)17(3)23(31)29-9-7-28(8-10-29)18(4)30/h5-6,11-14H,3,7-10H2,1-2,4H3. The van der Waals surface area contributed by atoms with Gasteiger partial charge in [0.25, 0.3) is 5.91 Å². The number of halogens is 3. The van der Waals surface area contributed by atoms with Crippen molar-refractivity contribution in [1.82, 2.24) is 9.80 Å². The molecule has 1 fully saturated rings. The molecule has 0 saturated carbocycles. The average Bonchev–Trinajstić information content (AvgIpc) is 2.71. The molecule has 170 valence electrons. The molecule has 1 aliphatic rings. The number of hydrogen-bond donors (Lipinski definition) is 0. The van der Waals surface area contributed by atoms with Gasteiger partial charge < -0.3 is 9.80 Å². The molecule has 3 rings (SSSR count). The highest BCUT2D eigenvalue weighted by atomic mass is 32.2. The van der Waals surface area contributed by atoms with Gasteiger partial charge in [-0.3, -0.25) is 9.59 Å². The minimum atomic E-state index is -4.58. The topological polar surface area (TPSA) is 40.6 Å². The summed E-state index contributed by atoms with van der Waals surface area (Å²) in [5.41, 5.74) is 1.30. The lowest BCUT2D eigenvalue weighted by atomic mass is 10.0. The lowest BCUT2D eigenvalue weighted by Crippen LogP contribution is -2.50. The Morgan fingerprint density at radius 2 is 1.50 bits per heavy atom. The first-order valence-corrected chi connectivity index (χ1v) is 11.0. The van der Waals surface area contributed by atoms with Gasteiger partial charge in [0.1, 0.15) is 0 Å². The SMILES string of the molecule is C=C(C(=O)N1CCN(C(C)=O)CC1)c1ccc(Sc2cc(C)cc(C)c2)c(C(F)(F)F)c1. The van der Waals surface area contributed by atoms with Crippen molar-refractivity contribution in [3.05, 3.63) is 65.2 Å². The molecule has 0 aromatic heterocycles. The monoisotopic (exact) mass is 462 g/mol. The van der Waals surface area contributed by atoms with Crippen molar-refractivity contribution in [3.63, 3.8) is 0 Å². The van der Waals surface area contributed by atoms with Crippen molar-refractivity contribution in [1.29, 1.82) is 0 Å². The molecule has 0 spiro atoms. The Balaban J connectivity index is 1.84. The number of carbonyl (C=O) groups is 2. The van der Waals surface area contributed by atoms with Gasteiger partial charge in [0.05, 0.1) is 5.56 Å². The second kappa shape index (κ2) is 9.40. The second-order valence-corrected chi connectivity index (χ2v) is 9.03. The van der Waals surface area contributed by atoms with Gasteiger partial charge in [0, 0.05) is 48.5 Å². The molecule has 0 radical (unpaired) electrons. The lowest BCUT2D eigenvalue weighted by molar-refractivity contribution is -0.139. The fraction of sp³-hybridized carbons (Fsp3) is 0.333. The van der Waals surface area contributed by atoms with E-state index in [2.05, 4.69) is 6.58 Å². The van der Waals surface area contributed by atoms with Crippen LogP contribution in [-0.2, 0) is 15.8 Å². The highest BCUT2D eigenvalue weighted by Crippen LogP contribution is 2.41. The molecule has 1 heterocycles. The molecule has 0 aliphatic carbocycles. The van der Waals surface area contributed by atoms with Gasteiger partial charge in [-0.1, -0.05) is 30.5 Å². The Bertz CT molecular complexity index is 1040. The second-order valence-electron chi connectivity index (χ2n) is 7.91. The van der Waals surface area contributed by atoms with E-state index in [-0.39, 0.29) is 21.9 Å². The minimum Gasteiger partial charge on any atom is -0.339 e. The van der Waals surface area contributed by atoms with E-state index in [1.165, 1.54) is 24.0 Å². The summed E-state index contributed by atoms with van der Waals surface area (Å²) in [7, 11) is 0. The third-order valence-electron chi connectivity index (χ3n) is 5.33. The van der Waals surface area contributed by atoms with Gasteiger partial charge in [0.2, 0.25) is 5.91 Å². The van der Waals surface area contributed by atoms with E-state index in [1.54, 1.807) is 4.90 Å². The maximum atomic E-state index is 13.9. The summed E-state index contributed by atoms with van der Waals surface area (Å²) in [5, 5.41) is 0. The van der Waals surface area contributed by atoms with Crippen LogP contribution >= 0.6 is 11.8 Å². The third kappa shape index (κ3) is 5.54. The van der Waals surface area contributed by atoms with Crippen LogP contribution in [0.4, 0.5) is 13.2 Å². The first-order valence-electron chi connectivity index (χ1n) is 10.2. The van der Waals surface area contributed by atoms with E-state index in [0.717, 1.165) is 33.9 Å². The van der Waals surface area contributed by atoms with Crippen molar-refractivity contribution >= 4 is 29.1 Å². The molecule has 32 heavy (non-hydrogen) atoms. The molecule has 2 aromatic rings. The van der Waals surface area contributed by atoms with Crippen LogP contribution in [0.25, 0.3) is 5.57 Å². The summed E-state index contributed by atoms with van der Waals surface area (Å²) in [5.74, 6) is -0.487. The zero-order valence-corrected chi connectivity index (χ0v) is 19.1. The molecule has 2 aromatic carbocycles. The van der Waals surface area contributed by atoms with Crippen LogP contribution in [0, 0.1) is 13.8 Å². The van der Waals surface area contributed by atoms with E-state index in [0.29, 0.717) is 26.2 Å². The van der Waals surface area contributed by atoms with Gasteiger partial charge >= 0.3 is 6.18 Å². The maximum Gasteiger partial charge on any atom is 0.417 e. The zero-order valence-electron chi connectivity index (χ0n) is 18.3. The van der Waals surface area contributed by atoms with Crippen molar-refractivity contribution in [2.45, 2.75) is 36.7 Å². The van der Waals surface area contributed by atoms with Crippen LogP contribution in [0.1, 0.15) is 29.2 Å². The number of rotatable bonds is 4. The summed E-state index contributed by atoms with van der Waals surface area (Å²) < 4.78 is 41.6. The molecule has 2 amide bonds. The van der Waals surface area contributed by atoms with Crippen LogP contribution < -0.4 is 0 Å². The molecule has 0 atom stereocenters. The van der Waals surface area contributed by atoms with Crippen LogP contribution in [0.2, 0.25) is 0 Å². The normalized spacial score (nSPS) is 14.4. The van der Waals surface area contributed by atoms with Crippen molar-refractivity contribution in [2.24, 2.45) is 0 Å². The fourth-order valence-corrected chi connectivity index (χ4v) is 4.85. The Kier molecular flexibility index (Phi) is 7.03. The van der Waals surface area contributed by atoms with E-state index >= 15 is 0 Å². The van der Waals surface area contributed by atoms with Gasteiger partial charge in [-0.15, -0.1) is 0 Å². The number of benzene rings is 2. The van der Waals surface area contributed by atoms with Gasteiger partial charge in [-0.05, 0) is 54.8 Å². The van der Waals surface area contributed by atoms with Crippen LogP contribution in [0.5, 0.6) is 0 Å². The third-order valence-corrected chi connectivity index (χ3v) is 6.37. The number of nitrogens with zero attached hydrogens (tertiary/aromatic N) is 2. The molecule has 8 heteroatoms. The summed E-state index contributed by atoms with van der Waals surface area (Å²) in [6, 6.07) is 9.55. The number of alkyl halides is 3. The fourth-order valence-electron chi connectivity index (χ4n) is 3.69. The predicted molar refractivity (Wildman–Crippen MR) is 119 cm³/mol. The highest BCUT2D eigenvalue weighted by Gasteiger charge is 2.35. The van der Waals surface area contributed by atoms with Gasteiger partial charge in [-0.2, -0.15) is 13.2 Å². The molecule has 1 saturated heterocycles. The number of carbonyl (C=O) groups excluding carboxylic acids is 2. The largest absolute Gasteiger partial charge is 0.417 e. The van der Waals surface area contributed by atoms with Crippen molar-refractivity contribution in [3.8, 4) is 0 Å². The number of piperazine rings is 1. The quantitative estimate of drug-likeness (QED) is 0.588. The van der Waals surface area contributed by atoms with Gasteiger partial charge in [-0.25, -0.2) is 0 Å². The number of aryl methyl sites for hydroxylation is 2. The molecular weight excluding hydrogens is 437 g/mol. The Labute approximate surface area is 190 Å². The van der Waals surface area contributed by atoms with E-state index in [1.807, 2.05) is 32.0 Å². The highest BCUT2D eigenvalue weighted by molar-refractivity contribution is 7.99. The predicted octanol–water partition coefficient (Wildman–Crippen LogP) is 5.18. The lowest BCUT2D eigenvalue weighted by Gasteiger charge is -2.34. The Hall–Kier alpha value is -2.74. The van der Waals surface area contributed by atoms with Gasteiger partial charge in [0.15, 0.2) is 0 Å². The molecule has 0 bridgehead atoms. The zero-order chi connectivity index (χ0) is 23.6. The van der Waals surface area contributed by atoms with Crippen molar-refractivity contribution in [2.75, 3.05) is 26.2 Å². The molecule has 0 unspecified atom stereocenters. The van der Waals surface area contributed by atoms with Crippen LogP contribution in [0.15, 0.2) is 52.8 Å². The Morgan fingerprint density at radius 1 is 0.938 bits per heavy atom. The van der Waals surface area contributed by atoms with Crippen LogP contribution in [-0.4, -0.2) is 47.8 Å². The summed E-state index contributed by atoms with van der Waals surface area (Å²) in [6.45, 7) is 10.5. The minimum absolute atomic E-state index is 0.00900. The van der Waals surface area contributed by atoms with E-state index in [4.69, 9.17) is 0 Å². The van der Waals surface area contributed by atoms with E-state index in [9.17, 15) is 22.8 Å². The number of hydrogen-bond acceptors (Lipinski definition) is 3. The summed E-state index contributed by atoms with van der Waals surface area (Å²) >= 11 is 1.05. The smallest absolute Gasteiger partial charge is 0.339 e. The Morgan fingerprint density at radius 3 is 2.03 bits per heavy atom. The first kappa shape index (κ1) is 23.9. The maximum absolute atomic E-state index is 13.9.